The average molecular weight is 256 g/mol. The number of nitrogens with one attached hydrogen (secondary N) is 1. The molecule has 2 nitrogen and oxygen atoms in total. The number of hydrogen-bond acceptors (Lipinski definition) is 2. The van der Waals surface area contributed by atoms with Crippen molar-refractivity contribution < 1.29 is 0 Å². The van der Waals surface area contributed by atoms with Gasteiger partial charge in [-0.3, -0.25) is 0 Å². The molecule has 2 aromatic carbocycles. The first kappa shape index (κ1) is 12.6. The highest BCUT2D eigenvalue weighted by molar-refractivity contribution is 7.80. The monoisotopic (exact) mass is 256 g/mol. The SMILES string of the molecule is Cc1ccc(Nc2cc(C)ccc2C(N)=S)cc1. The van der Waals surface area contributed by atoms with Gasteiger partial charge in [0.1, 0.15) is 4.99 Å². The molecule has 0 aliphatic carbocycles. The zero-order valence-electron chi connectivity index (χ0n) is 10.5. The highest BCUT2D eigenvalue weighted by Crippen LogP contribution is 2.22. The predicted molar refractivity (Wildman–Crippen MR) is 81.5 cm³/mol. The van der Waals surface area contributed by atoms with Crippen molar-refractivity contribution in [2.24, 2.45) is 5.73 Å². The smallest absolute Gasteiger partial charge is 0.106 e. The summed E-state index contributed by atoms with van der Waals surface area (Å²) in [7, 11) is 0. The summed E-state index contributed by atoms with van der Waals surface area (Å²) in [5.74, 6) is 0. The van der Waals surface area contributed by atoms with Crippen LogP contribution in [0.4, 0.5) is 11.4 Å². The second kappa shape index (κ2) is 5.19. The van der Waals surface area contributed by atoms with Crippen LogP contribution in [-0.2, 0) is 0 Å². The van der Waals surface area contributed by atoms with Gasteiger partial charge in [-0.15, -0.1) is 0 Å². The van der Waals surface area contributed by atoms with Gasteiger partial charge in [0.25, 0.3) is 0 Å². The molecule has 18 heavy (non-hydrogen) atoms. The Morgan fingerprint density at radius 1 is 1.00 bits per heavy atom. The molecular weight excluding hydrogens is 240 g/mol. The molecule has 2 rings (SSSR count). The Morgan fingerprint density at radius 3 is 2.22 bits per heavy atom. The summed E-state index contributed by atoms with van der Waals surface area (Å²) in [6, 6.07) is 14.2. The second-order valence-corrected chi connectivity index (χ2v) is 4.84. The van der Waals surface area contributed by atoms with Gasteiger partial charge < -0.3 is 11.1 Å². The largest absolute Gasteiger partial charge is 0.389 e. The third kappa shape index (κ3) is 2.87. The van der Waals surface area contributed by atoms with Crippen LogP contribution in [0.2, 0.25) is 0 Å². The fraction of sp³-hybridized carbons (Fsp3) is 0.133. The van der Waals surface area contributed by atoms with Crippen molar-refractivity contribution in [2.75, 3.05) is 5.32 Å². The van der Waals surface area contributed by atoms with Crippen molar-refractivity contribution in [3.05, 3.63) is 59.2 Å². The van der Waals surface area contributed by atoms with Crippen molar-refractivity contribution in [2.45, 2.75) is 13.8 Å². The van der Waals surface area contributed by atoms with Gasteiger partial charge in [-0.25, -0.2) is 0 Å². The molecule has 0 aromatic heterocycles. The Morgan fingerprint density at radius 2 is 1.61 bits per heavy atom. The zero-order valence-corrected chi connectivity index (χ0v) is 11.3. The molecule has 0 amide bonds. The van der Waals surface area contributed by atoms with Crippen LogP contribution < -0.4 is 11.1 Å². The molecule has 92 valence electrons. The van der Waals surface area contributed by atoms with Crippen LogP contribution >= 0.6 is 12.2 Å². The van der Waals surface area contributed by atoms with Crippen molar-refractivity contribution in [1.82, 2.24) is 0 Å². The molecule has 0 bridgehead atoms. The third-order valence-electron chi connectivity index (χ3n) is 2.77. The molecule has 0 heterocycles. The molecule has 0 unspecified atom stereocenters. The Hall–Kier alpha value is -1.87. The number of benzene rings is 2. The second-order valence-electron chi connectivity index (χ2n) is 4.40. The lowest BCUT2D eigenvalue weighted by Gasteiger charge is -2.12. The highest BCUT2D eigenvalue weighted by Gasteiger charge is 2.05. The first-order valence-electron chi connectivity index (χ1n) is 5.80. The van der Waals surface area contributed by atoms with Gasteiger partial charge in [0.05, 0.1) is 0 Å². The van der Waals surface area contributed by atoms with Gasteiger partial charge in [0.2, 0.25) is 0 Å². The molecule has 3 N–H and O–H groups in total. The Kier molecular flexibility index (Phi) is 3.63. The van der Waals surface area contributed by atoms with E-state index in [2.05, 4.69) is 24.4 Å². The lowest BCUT2D eigenvalue weighted by atomic mass is 10.1. The van der Waals surface area contributed by atoms with Crippen LogP contribution in [0, 0.1) is 13.8 Å². The van der Waals surface area contributed by atoms with Gasteiger partial charge in [0, 0.05) is 16.9 Å². The molecule has 2 aromatic rings. The number of hydrogen-bond donors (Lipinski definition) is 2. The van der Waals surface area contributed by atoms with Crippen molar-refractivity contribution in [1.29, 1.82) is 0 Å². The molecule has 0 atom stereocenters. The summed E-state index contributed by atoms with van der Waals surface area (Å²) in [4.78, 5) is 0.407. The lowest BCUT2D eigenvalue weighted by Crippen LogP contribution is -2.12. The number of thiocarbonyl (C=S) groups is 1. The van der Waals surface area contributed by atoms with Gasteiger partial charge in [-0.1, -0.05) is 36.0 Å². The lowest BCUT2D eigenvalue weighted by molar-refractivity contribution is 1.42. The predicted octanol–water partition coefficient (Wildman–Crippen LogP) is 3.68. The van der Waals surface area contributed by atoms with E-state index in [-0.39, 0.29) is 0 Å². The molecule has 0 aliphatic rings. The molecule has 0 saturated carbocycles. The van der Waals surface area contributed by atoms with E-state index in [4.69, 9.17) is 18.0 Å². The van der Waals surface area contributed by atoms with E-state index in [0.717, 1.165) is 16.9 Å². The number of anilines is 2. The van der Waals surface area contributed by atoms with Crippen LogP contribution in [0.3, 0.4) is 0 Å². The van der Waals surface area contributed by atoms with Crippen LogP contribution in [0.15, 0.2) is 42.5 Å². The molecule has 0 fully saturated rings. The number of rotatable bonds is 3. The maximum Gasteiger partial charge on any atom is 0.106 e. The summed E-state index contributed by atoms with van der Waals surface area (Å²) in [6.07, 6.45) is 0. The topological polar surface area (TPSA) is 38.0 Å². The molecule has 3 heteroatoms. The Balaban J connectivity index is 2.35. The summed E-state index contributed by atoms with van der Waals surface area (Å²) in [5, 5.41) is 3.35. The zero-order chi connectivity index (χ0) is 13.1. The first-order valence-corrected chi connectivity index (χ1v) is 6.21. The Labute approximate surface area is 113 Å². The molecule has 0 saturated heterocycles. The quantitative estimate of drug-likeness (QED) is 0.823. The molecular formula is C15H16N2S. The van der Waals surface area contributed by atoms with Crippen LogP contribution in [-0.4, -0.2) is 4.99 Å². The molecule has 0 spiro atoms. The van der Waals surface area contributed by atoms with Gasteiger partial charge in [-0.2, -0.15) is 0 Å². The highest BCUT2D eigenvalue weighted by atomic mass is 32.1. The van der Waals surface area contributed by atoms with Crippen molar-refractivity contribution in [3.8, 4) is 0 Å². The van der Waals surface area contributed by atoms with E-state index >= 15 is 0 Å². The average Bonchev–Trinajstić information content (AvgIpc) is 2.32. The summed E-state index contributed by atoms with van der Waals surface area (Å²) in [6.45, 7) is 4.11. The van der Waals surface area contributed by atoms with Crippen molar-refractivity contribution >= 4 is 28.6 Å². The van der Waals surface area contributed by atoms with E-state index < -0.39 is 0 Å². The van der Waals surface area contributed by atoms with Gasteiger partial charge in [0.15, 0.2) is 0 Å². The van der Waals surface area contributed by atoms with E-state index in [1.165, 1.54) is 11.1 Å². The van der Waals surface area contributed by atoms with Crippen LogP contribution in [0.1, 0.15) is 16.7 Å². The van der Waals surface area contributed by atoms with Gasteiger partial charge in [-0.05, 0) is 43.7 Å². The van der Waals surface area contributed by atoms with E-state index in [1.54, 1.807) is 0 Å². The minimum atomic E-state index is 0.407. The van der Waals surface area contributed by atoms with Gasteiger partial charge >= 0.3 is 0 Å². The minimum absolute atomic E-state index is 0.407. The van der Waals surface area contributed by atoms with Crippen LogP contribution in [0.5, 0.6) is 0 Å². The fourth-order valence-corrected chi connectivity index (χ4v) is 1.95. The maximum absolute atomic E-state index is 5.73. The minimum Gasteiger partial charge on any atom is -0.389 e. The Bertz CT molecular complexity index is 574. The summed E-state index contributed by atoms with van der Waals surface area (Å²) >= 11 is 5.07. The number of aryl methyl sites for hydroxylation is 2. The summed E-state index contributed by atoms with van der Waals surface area (Å²) in [5.41, 5.74) is 11.0. The number of nitrogens with two attached hydrogens (primary N) is 1. The molecule has 0 radical (unpaired) electrons. The van der Waals surface area contributed by atoms with Crippen molar-refractivity contribution in [3.63, 3.8) is 0 Å². The van der Waals surface area contributed by atoms with E-state index in [9.17, 15) is 0 Å². The molecule has 0 aliphatic heterocycles. The summed E-state index contributed by atoms with van der Waals surface area (Å²) < 4.78 is 0. The van der Waals surface area contributed by atoms with E-state index in [0.29, 0.717) is 4.99 Å². The van der Waals surface area contributed by atoms with Crippen LogP contribution in [0.25, 0.3) is 0 Å². The normalized spacial score (nSPS) is 10.1. The standard InChI is InChI=1S/C15H16N2S/c1-10-3-6-12(7-4-10)17-14-9-11(2)5-8-13(14)15(16)18/h3-9,17H,1-2H3,(H2,16,18). The maximum atomic E-state index is 5.73. The van der Waals surface area contributed by atoms with E-state index in [1.807, 2.05) is 37.3 Å². The fourth-order valence-electron chi connectivity index (χ4n) is 1.77. The third-order valence-corrected chi connectivity index (χ3v) is 2.99. The first-order chi connectivity index (χ1) is 8.56.